The first-order valence-electron chi connectivity index (χ1n) is 9.70. The van der Waals surface area contributed by atoms with Gasteiger partial charge < -0.3 is 14.3 Å². The molecule has 4 aromatic rings. The number of thioether (sulfide) groups is 1. The summed E-state index contributed by atoms with van der Waals surface area (Å²) in [6, 6.07) is 15.4. The fourth-order valence-electron chi connectivity index (χ4n) is 3.58. The molecule has 0 bridgehead atoms. The molecule has 2 aromatic carbocycles. The highest BCUT2D eigenvalue weighted by molar-refractivity contribution is 7.99. The van der Waals surface area contributed by atoms with Crippen LogP contribution in [0.3, 0.4) is 0 Å². The third-order valence-corrected chi connectivity index (χ3v) is 5.81. The van der Waals surface area contributed by atoms with E-state index in [4.69, 9.17) is 9.40 Å². The van der Waals surface area contributed by atoms with Gasteiger partial charge in [-0.3, -0.25) is 4.79 Å². The van der Waals surface area contributed by atoms with E-state index in [1.54, 1.807) is 0 Å². The van der Waals surface area contributed by atoms with Crippen LogP contribution in [0.15, 0.2) is 64.4 Å². The van der Waals surface area contributed by atoms with E-state index in [2.05, 4.69) is 21.1 Å². The van der Waals surface area contributed by atoms with Crippen LogP contribution in [0, 0.1) is 0 Å². The van der Waals surface area contributed by atoms with Crippen LogP contribution in [0.1, 0.15) is 18.7 Å². The number of imidazole rings is 1. The summed E-state index contributed by atoms with van der Waals surface area (Å²) in [5, 5.41) is 3.51. The van der Waals surface area contributed by atoms with E-state index in [1.807, 2.05) is 48.5 Å². The highest BCUT2D eigenvalue weighted by Gasteiger charge is 2.16. The molecule has 1 aliphatic rings. The third kappa shape index (κ3) is 3.78. The Morgan fingerprint density at radius 1 is 1.10 bits per heavy atom. The van der Waals surface area contributed by atoms with Gasteiger partial charge in [-0.2, -0.15) is 0 Å². The van der Waals surface area contributed by atoms with Crippen LogP contribution in [0.25, 0.3) is 22.4 Å². The molecular weight excluding hydrogens is 384 g/mol. The molecule has 0 saturated carbocycles. The number of para-hydroxylation sites is 3. The Labute approximate surface area is 172 Å². The van der Waals surface area contributed by atoms with E-state index in [0.717, 1.165) is 46.8 Å². The van der Waals surface area contributed by atoms with Crippen molar-refractivity contribution in [2.45, 2.75) is 31.0 Å². The number of benzene rings is 2. The average Bonchev–Trinajstić information content (AvgIpc) is 3.36. The van der Waals surface area contributed by atoms with Crippen LogP contribution in [0.4, 0.5) is 5.69 Å². The Bertz CT molecular complexity index is 1120. The topological polar surface area (TPSA) is 73.0 Å². The van der Waals surface area contributed by atoms with Crippen molar-refractivity contribution in [1.29, 1.82) is 0 Å². The van der Waals surface area contributed by atoms with Crippen molar-refractivity contribution in [3.63, 3.8) is 0 Å². The van der Waals surface area contributed by atoms with Gasteiger partial charge in [-0.05, 0) is 31.0 Å². The number of fused-ring (bicyclic) bond motifs is 2. The van der Waals surface area contributed by atoms with E-state index >= 15 is 0 Å². The smallest absolute Gasteiger partial charge is 0.257 e. The number of carbonyl (C=O) groups excluding carboxylic acids is 1. The lowest BCUT2D eigenvalue weighted by Crippen LogP contribution is -2.14. The first kappa shape index (κ1) is 18.0. The van der Waals surface area contributed by atoms with Crippen molar-refractivity contribution in [3.8, 4) is 11.3 Å². The number of oxazole rings is 1. The summed E-state index contributed by atoms with van der Waals surface area (Å²) in [6.07, 6.45) is 5.47. The third-order valence-electron chi connectivity index (χ3n) is 4.99. The lowest BCUT2D eigenvalue weighted by Gasteiger charge is -2.11. The van der Waals surface area contributed by atoms with Crippen molar-refractivity contribution in [2.75, 3.05) is 11.1 Å². The number of aryl methyl sites for hydroxylation is 2. The first-order chi connectivity index (χ1) is 14.3. The van der Waals surface area contributed by atoms with Crippen molar-refractivity contribution in [2.24, 2.45) is 0 Å². The van der Waals surface area contributed by atoms with E-state index in [0.29, 0.717) is 5.22 Å². The maximum Gasteiger partial charge on any atom is 0.257 e. The summed E-state index contributed by atoms with van der Waals surface area (Å²) < 4.78 is 7.89. The summed E-state index contributed by atoms with van der Waals surface area (Å²) in [7, 11) is 0. The normalized spacial score (nSPS) is 13.4. The number of hydrogen-bond acceptors (Lipinski definition) is 5. The predicted molar refractivity (Wildman–Crippen MR) is 114 cm³/mol. The number of amides is 1. The van der Waals surface area contributed by atoms with Crippen LogP contribution in [-0.2, 0) is 17.8 Å². The first-order valence-corrected chi connectivity index (χ1v) is 10.7. The molecule has 0 unspecified atom stereocenters. The van der Waals surface area contributed by atoms with Gasteiger partial charge in [0.15, 0.2) is 5.58 Å². The highest BCUT2D eigenvalue weighted by Crippen LogP contribution is 2.29. The number of nitrogens with zero attached hydrogens (tertiary/aromatic N) is 3. The van der Waals surface area contributed by atoms with Crippen molar-refractivity contribution < 1.29 is 9.21 Å². The summed E-state index contributed by atoms with van der Waals surface area (Å²) in [4.78, 5) is 21.7. The van der Waals surface area contributed by atoms with E-state index in [-0.39, 0.29) is 11.7 Å². The Hall–Kier alpha value is -3.06. The molecule has 1 aliphatic heterocycles. The monoisotopic (exact) mass is 404 g/mol. The summed E-state index contributed by atoms with van der Waals surface area (Å²) in [5.41, 5.74) is 4.14. The standard InChI is InChI=1S/C22H20N4O2S/c27-21(14-29-22-25-17-9-3-4-10-19(17)28-22)24-16-8-2-1-7-15(16)18-13-26-12-6-5-11-20(26)23-18/h1-4,7-10,13H,5-6,11-12,14H2,(H,24,27). The number of carbonyl (C=O) groups is 1. The molecular formula is C22H20N4O2S. The summed E-state index contributed by atoms with van der Waals surface area (Å²) >= 11 is 1.29. The van der Waals surface area contributed by atoms with Gasteiger partial charge in [0, 0.05) is 24.7 Å². The van der Waals surface area contributed by atoms with Gasteiger partial charge in [0.2, 0.25) is 5.91 Å². The second-order valence-electron chi connectivity index (χ2n) is 7.02. The summed E-state index contributed by atoms with van der Waals surface area (Å²) in [6.45, 7) is 1.01. The second kappa shape index (κ2) is 7.75. The second-order valence-corrected chi connectivity index (χ2v) is 7.95. The van der Waals surface area contributed by atoms with Gasteiger partial charge >= 0.3 is 0 Å². The van der Waals surface area contributed by atoms with E-state index in [1.165, 1.54) is 24.6 Å². The maximum atomic E-state index is 12.6. The van der Waals surface area contributed by atoms with Gasteiger partial charge in [-0.1, -0.05) is 42.1 Å². The Balaban J connectivity index is 1.30. The molecule has 7 heteroatoms. The van der Waals surface area contributed by atoms with Crippen LogP contribution < -0.4 is 5.32 Å². The summed E-state index contributed by atoms with van der Waals surface area (Å²) in [5.74, 6) is 1.24. The molecule has 146 valence electrons. The van der Waals surface area contributed by atoms with Gasteiger partial charge in [0.25, 0.3) is 5.22 Å². The zero-order valence-electron chi connectivity index (χ0n) is 15.8. The van der Waals surface area contributed by atoms with Crippen LogP contribution >= 0.6 is 11.8 Å². The SMILES string of the molecule is O=C(CSc1nc2ccccc2o1)Nc1ccccc1-c1cn2c(n1)CCCC2. The largest absolute Gasteiger partial charge is 0.431 e. The Morgan fingerprint density at radius 2 is 1.97 bits per heavy atom. The van der Waals surface area contributed by atoms with Gasteiger partial charge in [0.1, 0.15) is 11.3 Å². The minimum absolute atomic E-state index is 0.103. The molecule has 0 aliphatic carbocycles. The molecule has 0 atom stereocenters. The van der Waals surface area contributed by atoms with Gasteiger partial charge in [-0.15, -0.1) is 0 Å². The molecule has 2 aromatic heterocycles. The van der Waals surface area contributed by atoms with Crippen molar-refractivity contribution in [3.05, 3.63) is 60.6 Å². The molecule has 29 heavy (non-hydrogen) atoms. The number of nitrogens with one attached hydrogen (secondary N) is 1. The number of hydrogen-bond donors (Lipinski definition) is 1. The minimum Gasteiger partial charge on any atom is -0.431 e. The maximum absolute atomic E-state index is 12.6. The molecule has 0 spiro atoms. The molecule has 1 amide bonds. The molecule has 0 saturated heterocycles. The average molecular weight is 404 g/mol. The molecule has 5 rings (SSSR count). The van der Waals surface area contributed by atoms with Gasteiger partial charge in [-0.25, -0.2) is 9.97 Å². The molecule has 0 radical (unpaired) electrons. The highest BCUT2D eigenvalue weighted by atomic mass is 32.2. The quantitative estimate of drug-likeness (QED) is 0.486. The molecule has 1 N–H and O–H groups in total. The van der Waals surface area contributed by atoms with Crippen LogP contribution in [-0.4, -0.2) is 26.2 Å². The van der Waals surface area contributed by atoms with Crippen LogP contribution in [0.5, 0.6) is 0 Å². The minimum atomic E-state index is -0.103. The molecule has 3 heterocycles. The van der Waals surface area contributed by atoms with E-state index < -0.39 is 0 Å². The van der Waals surface area contributed by atoms with E-state index in [9.17, 15) is 4.79 Å². The van der Waals surface area contributed by atoms with Gasteiger partial charge in [0.05, 0.1) is 17.1 Å². The Morgan fingerprint density at radius 3 is 2.86 bits per heavy atom. The lowest BCUT2D eigenvalue weighted by atomic mass is 10.1. The number of rotatable bonds is 5. The molecule has 6 nitrogen and oxygen atoms in total. The number of aromatic nitrogens is 3. The van der Waals surface area contributed by atoms with Crippen molar-refractivity contribution >= 4 is 34.5 Å². The Kier molecular flexibility index (Phi) is 4.81. The fourth-order valence-corrected chi connectivity index (χ4v) is 4.22. The number of anilines is 1. The zero-order valence-corrected chi connectivity index (χ0v) is 16.6. The lowest BCUT2D eigenvalue weighted by molar-refractivity contribution is -0.113. The molecule has 0 fully saturated rings. The fraction of sp³-hybridized carbons (Fsp3) is 0.227. The van der Waals surface area contributed by atoms with Crippen LogP contribution in [0.2, 0.25) is 0 Å². The predicted octanol–water partition coefficient (Wildman–Crippen LogP) is 4.76. The van der Waals surface area contributed by atoms with Crippen molar-refractivity contribution in [1.82, 2.24) is 14.5 Å². The zero-order chi connectivity index (χ0) is 19.6.